The highest BCUT2D eigenvalue weighted by molar-refractivity contribution is 5.85. The summed E-state index contributed by atoms with van der Waals surface area (Å²) in [6, 6.07) is 0. The number of unbranched alkanes of at least 4 members (excludes halogenated alkanes) is 1. The number of carbonyl (C=O) groups is 2. The molecule has 3 nitrogen and oxygen atoms in total. The van der Waals surface area contributed by atoms with Crippen molar-refractivity contribution < 1.29 is 9.59 Å². The number of hydrogen-bond acceptors (Lipinski definition) is 2. The third kappa shape index (κ3) is 2.53. The standard InChI is InChI=1S/C14H23NO2/c1-2-3-6-11-12(16)7-4-9-14(11)10-5-8-13(17)15-14/h11H,2-10H2,1H3,(H,15,17). The van der Waals surface area contributed by atoms with Crippen LogP contribution in [0.25, 0.3) is 0 Å². The van der Waals surface area contributed by atoms with E-state index in [0.29, 0.717) is 18.6 Å². The molecule has 2 unspecified atom stereocenters. The molecule has 1 saturated carbocycles. The third-order valence-corrected chi connectivity index (χ3v) is 4.36. The van der Waals surface area contributed by atoms with Gasteiger partial charge in [-0.05, 0) is 32.1 Å². The summed E-state index contributed by atoms with van der Waals surface area (Å²) < 4.78 is 0. The van der Waals surface area contributed by atoms with Crippen molar-refractivity contribution >= 4 is 11.7 Å². The first-order chi connectivity index (χ1) is 8.18. The molecule has 0 radical (unpaired) electrons. The van der Waals surface area contributed by atoms with Gasteiger partial charge in [0.15, 0.2) is 0 Å². The number of ketones is 1. The molecule has 1 saturated heterocycles. The molecule has 1 spiro atoms. The van der Waals surface area contributed by atoms with E-state index in [-0.39, 0.29) is 17.4 Å². The lowest BCUT2D eigenvalue weighted by atomic mass is 9.66. The lowest BCUT2D eigenvalue weighted by Gasteiger charge is -2.46. The maximum Gasteiger partial charge on any atom is 0.220 e. The van der Waals surface area contributed by atoms with E-state index < -0.39 is 0 Å². The fourth-order valence-corrected chi connectivity index (χ4v) is 3.50. The fourth-order valence-electron chi connectivity index (χ4n) is 3.50. The van der Waals surface area contributed by atoms with Crippen LogP contribution in [0.15, 0.2) is 0 Å². The Morgan fingerprint density at radius 3 is 2.59 bits per heavy atom. The molecule has 96 valence electrons. The van der Waals surface area contributed by atoms with Gasteiger partial charge < -0.3 is 5.32 Å². The van der Waals surface area contributed by atoms with Crippen molar-refractivity contribution in [2.24, 2.45) is 5.92 Å². The van der Waals surface area contributed by atoms with Gasteiger partial charge in [0.2, 0.25) is 5.91 Å². The second-order valence-corrected chi connectivity index (χ2v) is 5.57. The van der Waals surface area contributed by atoms with Crippen LogP contribution in [0.2, 0.25) is 0 Å². The fraction of sp³-hybridized carbons (Fsp3) is 0.857. The summed E-state index contributed by atoms with van der Waals surface area (Å²) in [6.45, 7) is 2.15. The van der Waals surface area contributed by atoms with Gasteiger partial charge in [-0.15, -0.1) is 0 Å². The monoisotopic (exact) mass is 237 g/mol. The number of rotatable bonds is 3. The minimum atomic E-state index is -0.181. The summed E-state index contributed by atoms with van der Waals surface area (Å²) in [4.78, 5) is 23.8. The van der Waals surface area contributed by atoms with Crippen LogP contribution in [0.4, 0.5) is 0 Å². The minimum absolute atomic E-state index is 0.0837. The Hall–Kier alpha value is -0.860. The normalized spacial score (nSPS) is 33.8. The van der Waals surface area contributed by atoms with Crippen LogP contribution in [-0.2, 0) is 9.59 Å². The van der Waals surface area contributed by atoms with Gasteiger partial charge >= 0.3 is 0 Å². The van der Waals surface area contributed by atoms with Crippen LogP contribution in [0.5, 0.6) is 0 Å². The van der Waals surface area contributed by atoms with Crippen molar-refractivity contribution in [1.82, 2.24) is 5.32 Å². The first-order valence-corrected chi connectivity index (χ1v) is 7.02. The van der Waals surface area contributed by atoms with Gasteiger partial charge in [-0.2, -0.15) is 0 Å². The zero-order valence-corrected chi connectivity index (χ0v) is 10.8. The molecule has 0 bridgehead atoms. The molecule has 2 atom stereocenters. The summed E-state index contributed by atoms with van der Waals surface area (Å²) in [5.74, 6) is 0.611. The molecule has 1 aliphatic heterocycles. The van der Waals surface area contributed by atoms with Crippen LogP contribution in [0.1, 0.15) is 64.7 Å². The van der Waals surface area contributed by atoms with E-state index in [9.17, 15) is 9.59 Å². The molecular weight excluding hydrogens is 214 g/mol. The Kier molecular flexibility index (Phi) is 3.85. The molecule has 0 aromatic heterocycles. The lowest BCUT2D eigenvalue weighted by Crippen LogP contribution is -2.60. The van der Waals surface area contributed by atoms with Crippen molar-refractivity contribution in [2.45, 2.75) is 70.3 Å². The van der Waals surface area contributed by atoms with E-state index in [4.69, 9.17) is 0 Å². The third-order valence-electron chi connectivity index (χ3n) is 4.36. The maximum atomic E-state index is 12.1. The van der Waals surface area contributed by atoms with E-state index in [1.165, 1.54) is 0 Å². The molecule has 0 aromatic carbocycles. The smallest absolute Gasteiger partial charge is 0.220 e. The lowest BCUT2D eigenvalue weighted by molar-refractivity contribution is -0.134. The van der Waals surface area contributed by atoms with E-state index in [0.717, 1.165) is 44.9 Å². The highest BCUT2D eigenvalue weighted by Crippen LogP contribution is 2.40. The molecule has 3 heteroatoms. The highest BCUT2D eigenvalue weighted by atomic mass is 16.2. The van der Waals surface area contributed by atoms with Gasteiger partial charge in [-0.25, -0.2) is 0 Å². The maximum absolute atomic E-state index is 12.1. The summed E-state index contributed by atoms with van der Waals surface area (Å²) in [5, 5.41) is 3.16. The van der Waals surface area contributed by atoms with E-state index in [1.807, 2.05) is 0 Å². The summed E-state index contributed by atoms with van der Waals surface area (Å²) >= 11 is 0. The van der Waals surface area contributed by atoms with Crippen LogP contribution >= 0.6 is 0 Å². The molecule has 1 heterocycles. The number of piperidine rings is 1. The predicted molar refractivity (Wildman–Crippen MR) is 66.6 cm³/mol. The molecular formula is C14H23NO2. The number of carbonyl (C=O) groups excluding carboxylic acids is 2. The quantitative estimate of drug-likeness (QED) is 0.820. The van der Waals surface area contributed by atoms with Gasteiger partial charge in [-0.1, -0.05) is 19.8 Å². The number of hydrogen-bond donors (Lipinski definition) is 1. The summed E-state index contributed by atoms with van der Waals surface area (Å²) in [5.41, 5.74) is -0.181. The second-order valence-electron chi connectivity index (χ2n) is 5.57. The average Bonchev–Trinajstić information content (AvgIpc) is 2.28. The first-order valence-electron chi connectivity index (χ1n) is 7.02. The average molecular weight is 237 g/mol. The Morgan fingerprint density at radius 2 is 1.94 bits per heavy atom. The number of Topliss-reactive ketones (excluding diaryl/α,β-unsaturated/α-hetero) is 1. The molecule has 2 fully saturated rings. The summed E-state index contributed by atoms with van der Waals surface area (Å²) in [7, 11) is 0. The number of nitrogens with one attached hydrogen (secondary N) is 1. The van der Waals surface area contributed by atoms with E-state index in [1.54, 1.807) is 0 Å². The molecule has 1 N–H and O–H groups in total. The molecule has 2 rings (SSSR count). The molecule has 17 heavy (non-hydrogen) atoms. The van der Waals surface area contributed by atoms with Crippen LogP contribution in [0, 0.1) is 5.92 Å². The van der Waals surface area contributed by atoms with Crippen LogP contribution < -0.4 is 5.32 Å². The zero-order chi connectivity index (χ0) is 12.3. The van der Waals surface area contributed by atoms with E-state index in [2.05, 4.69) is 12.2 Å². The van der Waals surface area contributed by atoms with Gasteiger partial charge in [0.25, 0.3) is 0 Å². The highest BCUT2D eigenvalue weighted by Gasteiger charge is 2.46. The SMILES string of the molecule is CCCCC1C(=O)CCCC12CCCC(=O)N2. The Bertz CT molecular complexity index is 307. The first kappa shape index (κ1) is 12.6. The summed E-state index contributed by atoms with van der Waals surface area (Å²) in [6.07, 6.45) is 8.40. The minimum Gasteiger partial charge on any atom is -0.350 e. The van der Waals surface area contributed by atoms with Gasteiger partial charge in [-0.3, -0.25) is 9.59 Å². The van der Waals surface area contributed by atoms with Crippen molar-refractivity contribution in [3.8, 4) is 0 Å². The van der Waals surface area contributed by atoms with Gasteiger partial charge in [0.1, 0.15) is 5.78 Å². The predicted octanol–water partition coefficient (Wildman–Crippen LogP) is 2.58. The Labute approximate surface area is 103 Å². The van der Waals surface area contributed by atoms with Crippen LogP contribution in [0.3, 0.4) is 0 Å². The van der Waals surface area contributed by atoms with Crippen molar-refractivity contribution in [2.75, 3.05) is 0 Å². The van der Waals surface area contributed by atoms with Gasteiger partial charge in [0, 0.05) is 24.3 Å². The molecule has 0 aromatic rings. The van der Waals surface area contributed by atoms with Crippen molar-refractivity contribution in [3.05, 3.63) is 0 Å². The largest absolute Gasteiger partial charge is 0.350 e. The van der Waals surface area contributed by atoms with Crippen LogP contribution in [-0.4, -0.2) is 17.2 Å². The van der Waals surface area contributed by atoms with Crippen molar-refractivity contribution in [1.29, 1.82) is 0 Å². The molecule has 1 aliphatic carbocycles. The zero-order valence-electron chi connectivity index (χ0n) is 10.8. The second kappa shape index (κ2) is 5.19. The topological polar surface area (TPSA) is 46.2 Å². The molecule has 2 aliphatic rings. The Morgan fingerprint density at radius 1 is 1.24 bits per heavy atom. The van der Waals surface area contributed by atoms with Crippen molar-refractivity contribution in [3.63, 3.8) is 0 Å². The number of amides is 1. The van der Waals surface area contributed by atoms with Gasteiger partial charge in [0.05, 0.1) is 0 Å². The Balaban J connectivity index is 2.15. The van der Waals surface area contributed by atoms with E-state index >= 15 is 0 Å². The molecule has 1 amide bonds.